The maximum atomic E-state index is 11.2. The van der Waals surface area contributed by atoms with Crippen LogP contribution < -0.4 is 0 Å². The molecule has 100 valence electrons. The molecule has 0 saturated carbocycles. The molecule has 0 heterocycles. The van der Waals surface area contributed by atoms with Crippen LogP contribution in [-0.2, 0) is 9.53 Å². The summed E-state index contributed by atoms with van der Waals surface area (Å²) < 4.78 is 4.63. The van der Waals surface area contributed by atoms with Crippen molar-refractivity contribution in [2.75, 3.05) is 7.11 Å². The van der Waals surface area contributed by atoms with Crippen molar-refractivity contribution >= 4 is 16.7 Å². The number of esters is 1. The third-order valence-corrected chi connectivity index (χ3v) is 3.37. The van der Waals surface area contributed by atoms with Crippen LogP contribution in [-0.4, -0.2) is 18.2 Å². The van der Waals surface area contributed by atoms with E-state index in [9.17, 15) is 9.90 Å². The van der Waals surface area contributed by atoms with Gasteiger partial charge in [-0.25, -0.2) is 0 Å². The first-order valence-corrected chi connectivity index (χ1v) is 6.35. The maximum Gasteiger partial charge on any atom is 0.305 e. The Morgan fingerprint density at radius 2 is 1.89 bits per heavy atom. The first-order valence-electron chi connectivity index (χ1n) is 6.35. The molecule has 2 unspecified atom stereocenters. The summed E-state index contributed by atoms with van der Waals surface area (Å²) in [6, 6.07) is 13.8. The van der Waals surface area contributed by atoms with Gasteiger partial charge in [-0.15, -0.1) is 0 Å². The van der Waals surface area contributed by atoms with E-state index in [4.69, 9.17) is 0 Å². The number of aliphatic hydroxyl groups is 1. The van der Waals surface area contributed by atoms with E-state index in [0.717, 1.165) is 16.3 Å². The average molecular weight is 258 g/mol. The van der Waals surface area contributed by atoms with Gasteiger partial charge in [0.15, 0.2) is 0 Å². The molecular formula is C16H18O3. The Morgan fingerprint density at radius 3 is 2.58 bits per heavy atom. The Hall–Kier alpha value is -1.87. The van der Waals surface area contributed by atoms with Crippen LogP contribution in [0.4, 0.5) is 0 Å². The highest BCUT2D eigenvalue weighted by Crippen LogP contribution is 2.27. The monoisotopic (exact) mass is 258 g/mol. The summed E-state index contributed by atoms with van der Waals surface area (Å²) in [7, 11) is 1.36. The van der Waals surface area contributed by atoms with Gasteiger partial charge in [-0.2, -0.15) is 0 Å². The van der Waals surface area contributed by atoms with E-state index in [1.54, 1.807) is 0 Å². The molecular weight excluding hydrogens is 240 g/mol. The number of hydrogen-bond donors (Lipinski definition) is 1. The first kappa shape index (κ1) is 13.6. The summed E-state index contributed by atoms with van der Waals surface area (Å²) in [5.41, 5.74) is 0.829. The summed E-state index contributed by atoms with van der Waals surface area (Å²) in [6.45, 7) is 1.84. The Bertz CT molecular complexity index is 577. The zero-order chi connectivity index (χ0) is 13.8. The van der Waals surface area contributed by atoms with E-state index in [0.29, 0.717) is 0 Å². The molecule has 0 radical (unpaired) electrons. The van der Waals surface area contributed by atoms with Crippen molar-refractivity contribution < 1.29 is 14.6 Å². The lowest BCUT2D eigenvalue weighted by molar-refractivity contribution is -0.142. The minimum absolute atomic E-state index is 0.173. The standard InChI is InChI=1S/C16H18O3/c1-11(9-15(17)19-2)16(18)14-8-7-12-5-3-4-6-13(12)10-14/h3-8,10-11,16,18H,9H2,1-2H3. The second-order valence-electron chi connectivity index (χ2n) is 4.81. The topological polar surface area (TPSA) is 46.5 Å². The minimum atomic E-state index is -0.663. The van der Waals surface area contributed by atoms with Gasteiger partial charge >= 0.3 is 5.97 Å². The van der Waals surface area contributed by atoms with E-state index < -0.39 is 6.10 Å². The van der Waals surface area contributed by atoms with E-state index in [1.807, 2.05) is 49.4 Å². The van der Waals surface area contributed by atoms with Gasteiger partial charge in [0.2, 0.25) is 0 Å². The molecule has 2 rings (SSSR count). The molecule has 0 bridgehead atoms. The highest BCUT2D eigenvalue weighted by Gasteiger charge is 2.20. The van der Waals surface area contributed by atoms with Crippen molar-refractivity contribution in [3.05, 3.63) is 48.0 Å². The summed E-state index contributed by atoms with van der Waals surface area (Å²) in [6.07, 6.45) is -0.450. The van der Waals surface area contributed by atoms with Gasteiger partial charge in [-0.05, 0) is 28.3 Å². The number of rotatable bonds is 4. The number of ether oxygens (including phenoxy) is 1. The van der Waals surface area contributed by atoms with Gasteiger partial charge in [0, 0.05) is 0 Å². The normalized spacial score (nSPS) is 14.1. The number of hydrogen-bond acceptors (Lipinski definition) is 3. The predicted octanol–water partition coefficient (Wildman–Crippen LogP) is 3.07. The van der Waals surface area contributed by atoms with Crippen LogP contribution in [0.25, 0.3) is 10.8 Å². The predicted molar refractivity (Wildman–Crippen MR) is 74.7 cm³/mol. The highest BCUT2D eigenvalue weighted by atomic mass is 16.5. The number of methoxy groups -OCH3 is 1. The molecule has 2 aromatic rings. The number of benzene rings is 2. The maximum absolute atomic E-state index is 11.2. The molecule has 0 spiro atoms. The summed E-state index contributed by atoms with van der Waals surface area (Å²) >= 11 is 0. The van der Waals surface area contributed by atoms with Crippen LogP contribution >= 0.6 is 0 Å². The summed E-state index contributed by atoms with van der Waals surface area (Å²) in [5, 5.41) is 12.5. The van der Waals surface area contributed by atoms with Gasteiger partial charge in [-0.3, -0.25) is 4.79 Å². The van der Waals surface area contributed by atoms with Crippen LogP contribution in [0, 0.1) is 5.92 Å². The molecule has 2 aromatic carbocycles. The van der Waals surface area contributed by atoms with E-state index in [2.05, 4.69) is 4.74 Å². The average Bonchev–Trinajstić information content (AvgIpc) is 2.45. The van der Waals surface area contributed by atoms with Crippen LogP contribution in [0.3, 0.4) is 0 Å². The van der Waals surface area contributed by atoms with Crippen molar-refractivity contribution in [1.29, 1.82) is 0 Å². The highest BCUT2D eigenvalue weighted by molar-refractivity contribution is 5.83. The number of carbonyl (C=O) groups excluding carboxylic acids is 1. The molecule has 2 atom stereocenters. The van der Waals surface area contributed by atoms with Gasteiger partial charge in [0.1, 0.15) is 0 Å². The van der Waals surface area contributed by atoms with Crippen molar-refractivity contribution in [3.63, 3.8) is 0 Å². The van der Waals surface area contributed by atoms with Crippen molar-refractivity contribution in [3.8, 4) is 0 Å². The molecule has 0 aromatic heterocycles. The SMILES string of the molecule is COC(=O)CC(C)C(O)c1ccc2ccccc2c1. The zero-order valence-electron chi connectivity index (χ0n) is 11.2. The van der Waals surface area contributed by atoms with Crippen LogP contribution in [0.15, 0.2) is 42.5 Å². The molecule has 0 amide bonds. The quantitative estimate of drug-likeness (QED) is 0.857. The fourth-order valence-corrected chi connectivity index (χ4v) is 2.18. The van der Waals surface area contributed by atoms with E-state index >= 15 is 0 Å². The second kappa shape index (κ2) is 5.85. The number of carbonyl (C=O) groups is 1. The summed E-state index contributed by atoms with van der Waals surface area (Å²) in [4.78, 5) is 11.2. The Labute approximate surface area is 112 Å². The number of fused-ring (bicyclic) bond motifs is 1. The minimum Gasteiger partial charge on any atom is -0.469 e. The molecule has 19 heavy (non-hydrogen) atoms. The van der Waals surface area contributed by atoms with E-state index in [1.165, 1.54) is 7.11 Å². The Kier molecular flexibility index (Phi) is 4.17. The van der Waals surface area contributed by atoms with Gasteiger partial charge in [-0.1, -0.05) is 43.3 Å². The lowest BCUT2D eigenvalue weighted by Crippen LogP contribution is -2.14. The first-order chi connectivity index (χ1) is 9.11. The van der Waals surface area contributed by atoms with Crippen molar-refractivity contribution in [2.45, 2.75) is 19.4 Å². The van der Waals surface area contributed by atoms with Gasteiger partial charge < -0.3 is 9.84 Å². The second-order valence-corrected chi connectivity index (χ2v) is 4.81. The van der Waals surface area contributed by atoms with Crippen LogP contribution in [0.2, 0.25) is 0 Å². The molecule has 0 fully saturated rings. The van der Waals surface area contributed by atoms with Crippen LogP contribution in [0.5, 0.6) is 0 Å². The van der Waals surface area contributed by atoms with Gasteiger partial charge in [0.25, 0.3) is 0 Å². The van der Waals surface area contributed by atoms with Crippen LogP contribution in [0.1, 0.15) is 25.0 Å². The van der Waals surface area contributed by atoms with Crippen molar-refractivity contribution in [1.82, 2.24) is 0 Å². The Morgan fingerprint density at radius 1 is 1.21 bits per heavy atom. The largest absolute Gasteiger partial charge is 0.469 e. The fraction of sp³-hybridized carbons (Fsp3) is 0.312. The molecule has 3 nitrogen and oxygen atoms in total. The van der Waals surface area contributed by atoms with Gasteiger partial charge in [0.05, 0.1) is 19.6 Å². The summed E-state index contributed by atoms with van der Waals surface area (Å²) in [5.74, 6) is -0.471. The lowest BCUT2D eigenvalue weighted by atomic mass is 9.93. The molecule has 1 N–H and O–H groups in total. The lowest BCUT2D eigenvalue weighted by Gasteiger charge is -2.18. The molecule has 0 aliphatic heterocycles. The smallest absolute Gasteiger partial charge is 0.305 e. The molecule has 0 saturated heterocycles. The fourth-order valence-electron chi connectivity index (χ4n) is 2.18. The molecule has 0 aliphatic rings. The molecule has 0 aliphatic carbocycles. The Balaban J connectivity index is 2.21. The zero-order valence-corrected chi connectivity index (χ0v) is 11.2. The third kappa shape index (κ3) is 3.12. The third-order valence-electron chi connectivity index (χ3n) is 3.37. The number of aliphatic hydroxyl groups excluding tert-OH is 1. The van der Waals surface area contributed by atoms with Crippen molar-refractivity contribution in [2.24, 2.45) is 5.92 Å². The molecule has 3 heteroatoms. The van der Waals surface area contributed by atoms with E-state index in [-0.39, 0.29) is 18.3 Å².